The van der Waals surface area contributed by atoms with E-state index in [9.17, 15) is 9.59 Å². The number of nitrogen functional groups attached to an aromatic ring is 1. The van der Waals surface area contributed by atoms with Gasteiger partial charge in [0, 0.05) is 6.54 Å². The zero-order valence-corrected chi connectivity index (χ0v) is 20.6. The smallest absolute Gasteiger partial charge is 0.412 e. The maximum absolute atomic E-state index is 15.2. The summed E-state index contributed by atoms with van der Waals surface area (Å²) in [4.78, 5) is 27.5. The number of piperidine rings is 1. The highest BCUT2D eigenvalue weighted by atomic mass is 35.5. The van der Waals surface area contributed by atoms with Gasteiger partial charge in [-0.2, -0.15) is 5.10 Å². The Morgan fingerprint density at radius 2 is 2.05 bits per heavy atom. The van der Waals surface area contributed by atoms with Crippen molar-refractivity contribution in [3.8, 4) is 11.4 Å². The number of aromatic nitrogens is 2. The van der Waals surface area contributed by atoms with Crippen LogP contribution in [0.15, 0.2) is 42.6 Å². The molecule has 1 saturated heterocycles. The molecule has 0 unspecified atom stereocenters. The molecule has 1 spiro atoms. The van der Waals surface area contributed by atoms with Crippen LogP contribution in [0.1, 0.15) is 48.0 Å². The van der Waals surface area contributed by atoms with Crippen LogP contribution in [0.4, 0.5) is 20.7 Å². The number of anilines is 2. The van der Waals surface area contributed by atoms with Crippen molar-refractivity contribution in [1.82, 2.24) is 14.7 Å². The number of hydrogen-bond acceptors (Lipinski definition) is 6. The first-order valence-electron chi connectivity index (χ1n) is 12.2. The summed E-state index contributed by atoms with van der Waals surface area (Å²) in [5, 5.41) is 6.82. The van der Waals surface area contributed by atoms with Crippen LogP contribution in [-0.4, -0.2) is 45.9 Å². The molecule has 0 bridgehead atoms. The summed E-state index contributed by atoms with van der Waals surface area (Å²) in [5.74, 6) is -0.266. The van der Waals surface area contributed by atoms with Crippen molar-refractivity contribution < 1.29 is 23.5 Å². The summed E-state index contributed by atoms with van der Waals surface area (Å²) in [6.07, 6.45) is 4.83. The van der Waals surface area contributed by atoms with Gasteiger partial charge < -0.3 is 20.1 Å². The number of ether oxygens (including phenoxy) is 2. The van der Waals surface area contributed by atoms with Crippen LogP contribution in [-0.2, 0) is 10.3 Å². The van der Waals surface area contributed by atoms with Crippen molar-refractivity contribution in [3.05, 3.63) is 64.6 Å². The fourth-order valence-electron chi connectivity index (χ4n) is 5.23. The molecule has 1 aromatic heterocycles. The van der Waals surface area contributed by atoms with E-state index in [4.69, 9.17) is 26.8 Å². The summed E-state index contributed by atoms with van der Waals surface area (Å²) < 4.78 is 28.4. The summed E-state index contributed by atoms with van der Waals surface area (Å²) in [6.45, 7) is 0.338. The summed E-state index contributed by atoms with van der Waals surface area (Å²) in [7, 11) is 0. The molecule has 1 atom stereocenters. The average molecular weight is 526 g/mol. The molecule has 2 aliphatic heterocycles. The van der Waals surface area contributed by atoms with Gasteiger partial charge >= 0.3 is 6.09 Å². The molecule has 2 fully saturated rings. The Labute approximate surface area is 217 Å². The van der Waals surface area contributed by atoms with Crippen molar-refractivity contribution in [1.29, 1.82) is 0 Å². The van der Waals surface area contributed by atoms with Gasteiger partial charge in [0.25, 0.3) is 5.91 Å². The highest BCUT2D eigenvalue weighted by Crippen LogP contribution is 2.45. The Kier molecular flexibility index (Phi) is 5.71. The quantitative estimate of drug-likeness (QED) is 0.502. The molecule has 3 N–H and O–H groups in total. The Hall–Kier alpha value is -3.79. The molecule has 9 nitrogen and oxygen atoms in total. The van der Waals surface area contributed by atoms with Gasteiger partial charge in [0.1, 0.15) is 22.8 Å². The van der Waals surface area contributed by atoms with Gasteiger partial charge in [-0.3, -0.25) is 10.1 Å². The van der Waals surface area contributed by atoms with E-state index in [0.29, 0.717) is 30.8 Å². The molecule has 0 radical (unpaired) electrons. The Morgan fingerprint density at radius 1 is 1.24 bits per heavy atom. The third-order valence-electron chi connectivity index (χ3n) is 7.29. The van der Waals surface area contributed by atoms with Gasteiger partial charge in [0.2, 0.25) is 0 Å². The number of carbonyl (C=O) groups excluding carboxylic acids is 2. The number of hydrogen-bond donors (Lipinski definition) is 2. The highest BCUT2D eigenvalue weighted by molar-refractivity contribution is 6.31. The molecule has 1 saturated carbocycles. The minimum Gasteiger partial charge on any atom is -0.488 e. The number of halogens is 2. The topological polar surface area (TPSA) is 112 Å². The number of nitrogens with one attached hydrogen (secondary N) is 1. The maximum Gasteiger partial charge on any atom is 0.412 e. The van der Waals surface area contributed by atoms with Crippen LogP contribution in [0.5, 0.6) is 5.75 Å². The van der Waals surface area contributed by atoms with E-state index in [1.54, 1.807) is 0 Å². The molecule has 6 rings (SSSR count). The molecule has 3 aromatic rings. The normalized spacial score (nSPS) is 21.1. The molecule has 37 heavy (non-hydrogen) atoms. The minimum absolute atomic E-state index is 0.0461. The minimum atomic E-state index is -1.37. The van der Waals surface area contributed by atoms with E-state index in [0.717, 1.165) is 19.3 Å². The van der Waals surface area contributed by atoms with Crippen LogP contribution in [0.2, 0.25) is 5.02 Å². The number of nitrogens with two attached hydrogens (primary N) is 1. The number of likely N-dealkylation sites (tertiary alicyclic amines) is 1. The van der Waals surface area contributed by atoms with Gasteiger partial charge in [-0.05, 0) is 56.4 Å². The van der Waals surface area contributed by atoms with Crippen molar-refractivity contribution in [2.24, 2.45) is 0 Å². The lowest BCUT2D eigenvalue weighted by Crippen LogP contribution is -2.53. The number of fused-ring (bicyclic) bond motifs is 2. The molecule has 192 valence electrons. The fraction of sp³-hybridized carbons (Fsp3) is 0.346. The summed E-state index contributed by atoms with van der Waals surface area (Å²) in [6, 6.07) is 10.3. The van der Waals surface area contributed by atoms with Gasteiger partial charge in [0.05, 0.1) is 35.1 Å². The first kappa shape index (κ1) is 23.6. The third kappa shape index (κ3) is 3.96. The second kappa shape index (κ2) is 8.95. The van der Waals surface area contributed by atoms with Crippen molar-refractivity contribution in [3.63, 3.8) is 0 Å². The average Bonchev–Trinajstić information content (AvgIpc) is 3.24. The van der Waals surface area contributed by atoms with E-state index >= 15 is 4.39 Å². The van der Waals surface area contributed by atoms with Crippen LogP contribution in [0.25, 0.3) is 5.69 Å². The predicted molar refractivity (Wildman–Crippen MR) is 135 cm³/mol. The van der Waals surface area contributed by atoms with Crippen molar-refractivity contribution in [2.75, 3.05) is 24.1 Å². The summed E-state index contributed by atoms with van der Waals surface area (Å²) >= 11 is 6.06. The highest BCUT2D eigenvalue weighted by Gasteiger charge is 2.49. The summed E-state index contributed by atoms with van der Waals surface area (Å²) in [5.41, 5.74) is 6.32. The SMILES string of the molecule is Nc1c(C(=O)N2CCC[C@@]3(C2)OC(=O)Nc2ccc(Cl)c(F)c23)cnn1-c1ccccc1OC1CCC1. The second-order valence-electron chi connectivity index (χ2n) is 9.62. The number of rotatable bonds is 4. The van der Waals surface area contributed by atoms with Crippen LogP contribution in [0.3, 0.4) is 0 Å². The third-order valence-corrected chi connectivity index (χ3v) is 7.59. The lowest BCUT2D eigenvalue weighted by Gasteiger charge is -2.45. The Bertz CT molecular complexity index is 1410. The monoisotopic (exact) mass is 525 g/mol. The van der Waals surface area contributed by atoms with Gasteiger partial charge in [-0.1, -0.05) is 23.7 Å². The first-order valence-corrected chi connectivity index (χ1v) is 12.6. The predicted octanol–water partition coefficient (Wildman–Crippen LogP) is 4.87. The fourth-order valence-corrected chi connectivity index (χ4v) is 5.39. The zero-order valence-electron chi connectivity index (χ0n) is 19.9. The molecular formula is C26H25ClFN5O4. The maximum atomic E-state index is 15.2. The molecule has 1 aliphatic carbocycles. The Morgan fingerprint density at radius 3 is 2.84 bits per heavy atom. The Balaban J connectivity index is 1.31. The van der Waals surface area contributed by atoms with Crippen LogP contribution >= 0.6 is 11.6 Å². The van der Waals surface area contributed by atoms with E-state index in [2.05, 4.69) is 10.4 Å². The van der Waals surface area contributed by atoms with E-state index in [-0.39, 0.29) is 40.3 Å². The van der Waals surface area contributed by atoms with E-state index < -0.39 is 23.4 Å². The molecule has 3 heterocycles. The largest absolute Gasteiger partial charge is 0.488 e. The number of nitrogens with zero attached hydrogens (tertiary/aromatic N) is 3. The first-order chi connectivity index (χ1) is 17.9. The molecule has 2 amide bonds. The van der Waals surface area contributed by atoms with Gasteiger partial charge in [0.15, 0.2) is 11.4 Å². The number of benzene rings is 2. The van der Waals surface area contributed by atoms with E-state index in [1.165, 1.54) is 27.9 Å². The van der Waals surface area contributed by atoms with E-state index in [1.807, 2.05) is 24.3 Å². The van der Waals surface area contributed by atoms with Crippen LogP contribution < -0.4 is 15.8 Å². The second-order valence-corrected chi connectivity index (χ2v) is 10.0. The number of para-hydroxylation sites is 2. The molecule has 2 aromatic carbocycles. The number of carbonyl (C=O) groups is 2. The molecule has 3 aliphatic rings. The lowest BCUT2D eigenvalue weighted by atomic mass is 9.83. The van der Waals surface area contributed by atoms with Crippen molar-refractivity contribution >= 4 is 35.1 Å². The lowest BCUT2D eigenvalue weighted by molar-refractivity contribution is -0.0418. The number of amides is 2. The van der Waals surface area contributed by atoms with Crippen molar-refractivity contribution in [2.45, 2.75) is 43.8 Å². The molecular weight excluding hydrogens is 501 g/mol. The standard InChI is InChI=1S/C26H25ClFN5O4/c27-17-9-10-18-21(22(17)28)26(37-25(35)31-18)11-4-12-32(14-26)24(34)16-13-30-33(23(16)29)19-7-1-2-8-20(19)36-15-5-3-6-15/h1-2,7-10,13,15H,3-6,11-12,14,29H2,(H,31,35)/t26-/m0/s1. The van der Waals surface area contributed by atoms with Gasteiger partial charge in [-0.25, -0.2) is 13.9 Å². The van der Waals surface area contributed by atoms with Crippen LogP contribution in [0, 0.1) is 5.82 Å². The van der Waals surface area contributed by atoms with Gasteiger partial charge in [-0.15, -0.1) is 0 Å². The zero-order chi connectivity index (χ0) is 25.7. The molecule has 11 heteroatoms.